The van der Waals surface area contributed by atoms with Crippen molar-refractivity contribution in [3.05, 3.63) is 29.8 Å². The minimum atomic E-state index is 0.403. The summed E-state index contributed by atoms with van der Waals surface area (Å²) >= 11 is 0. The molecule has 0 spiro atoms. The van der Waals surface area contributed by atoms with E-state index < -0.39 is 0 Å². The number of nitrogens with two attached hydrogens (primary N) is 1. The van der Waals surface area contributed by atoms with Crippen molar-refractivity contribution in [2.75, 3.05) is 7.11 Å². The van der Waals surface area contributed by atoms with E-state index in [2.05, 4.69) is 12.1 Å². The average Bonchev–Trinajstić information content (AvgIpc) is 2.24. The highest BCUT2D eigenvalue weighted by molar-refractivity contribution is 5.33. The van der Waals surface area contributed by atoms with Crippen molar-refractivity contribution in [3.8, 4) is 5.75 Å². The third-order valence-corrected chi connectivity index (χ3v) is 3.15. The summed E-state index contributed by atoms with van der Waals surface area (Å²) in [5.74, 6) is 1.65. The van der Waals surface area contributed by atoms with Gasteiger partial charge in [-0.25, -0.2) is 0 Å². The monoisotopic (exact) mass is 191 g/mol. The first-order chi connectivity index (χ1) is 6.81. The molecule has 2 nitrogen and oxygen atoms in total. The lowest BCUT2D eigenvalue weighted by molar-refractivity contribution is 0.253. The largest absolute Gasteiger partial charge is 0.496 e. The molecule has 1 aliphatic rings. The van der Waals surface area contributed by atoms with Crippen molar-refractivity contribution in [1.29, 1.82) is 0 Å². The summed E-state index contributed by atoms with van der Waals surface area (Å²) in [5.41, 5.74) is 7.21. The quantitative estimate of drug-likeness (QED) is 0.792. The van der Waals surface area contributed by atoms with Crippen LogP contribution in [0.2, 0.25) is 0 Å². The summed E-state index contributed by atoms with van der Waals surface area (Å²) in [6.07, 6.45) is 3.50. The molecule has 0 bridgehead atoms. The van der Waals surface area contributed by atoms with Crippen molar-refractivity contribution < 1.29 is 4.74 Å². The van der Waals surface area contributed by atoms with Crippen LogP contribution < -0.4 is 10.5 Å². The van der Waals surface area contributed by atoms with Gasteiger partial charge >= 0.3 is 0 Å². The Labute approximate surface area is 85.1 Å². The fourth-order valence-corrected chi connectivity index (χ4v) is 2.00. The van der Waals surface area contributed by atoms with Gasteiger partial charge in [0, 0.05) is 6.04 Å². The molecular weight excluding hydrogens is 174 g/mol. The molecule has 0 aromatic heterocycles. The van der Waals surface area contributed by atoms with Gasteiger partial charge in [-0.1, -0.05) is 18.2 Å². The third kappa shape index (κ3) is 1.75. The predicted octanol–water partition coefficient (Wildman–Crippen LogP) is 1.97. The maximum absolute atomic E-state index is 5.92. The molecule has 0 radical (unpaired) electrons. The van der Waals surface area contributed by atoms with Gasteiger partial charge in [-0.3, -0.25) is 0 Å². The van der Waals surface area contributed by atoms with E-state index in [9.17, 15) is 0 Å². The van der Waals surface area contributed by atoms with Crippen molar-refractivity contribution >= 4 is 0 Å². The van der Waals surface area contributed by atoms with Crippen LogP contribution >= 0.6 is 0 Å². The van der Waals surface area contributed by atoms with Gasteiger partial charge in [0.05, 0.1) is 7.11 Å². The van der Waals surface area contributed by atoms with E-state index in [4.69, 9.17) is 10.5 Å². The summed E-state index contributed by atoms with van der Waals surface area (Å²) in [6, 6.07) is 8.61. The molecular formula is C12H17NO. The number of methoxy groups -OCH3 is 1. The van der Waals surface area contributed by atoms with Gasteiger partial charge in [-0.2, -0.15) is 0 Å². The van der Waals surface area contributed by atoms with E-state index >= 15 is 0 Å². The van der Waals surface area contributed by atoms with Crippen LogP contribution in [0.1, 0.15) is 18.4 Å². The Hall–Kier alpha value is -1.02. The topological polar surface area (TPSA) is 35.2 Å². The molecule has 1 aliphatic carbocycles. The molecule has 2 atom stereocenters. The van der Waals surface area contributed by atoms with Gasteiger partial charge in [0.25, 0.3) is 0 Å². The van der Waals surface area contributed by atoms with Crippen molar-refractivity contribution in [2.24, 2.45) is 11.7 Å². The van der Waals surface area contributed by atoms with Gasteiger partial charge in [0.15, 0.2) is 0 Å². The Balaban J connectivity index is 2.07. The summed E-state index contributed by atoms with van der Waals surface area (Å²) < 4.78 is 5.31. The Morgan fingerprint density at radius 3 is 2.71 bits per heavy atom. The first-order valence-electron chi connectivity index (χ1n) is 5.18. The van der Waals surface area contributed by atoms with Crippen LogP contribution in [-0.2, 0) is 6.42 Å². The molecule has 1 aromatic carbocycles. The molecule has 0 heterocycles. The van der Waals surface area contributed by atoms with Crippen molar-refractivity contribution in [1.82, 2.24) is 0 Å². The SMILES string of the molecule is COc1ccccc1CC1CCC1N. The van der Waals surface area contributed by atoms with Crippen LogP contribution in [-0.4, -0.2) is 13.2 Å². The lowest BCUT2D eigenvalue weighted by Crippen LogP contribution is -2.40. The number of hydrogen-bond donors (Lipinski definition) is 1. The highest BCUT2D eigenvalue weighted by Crippen LogP contribution is 2.31. The second-order valence-corrected chi connectivity index (χ2v) is 4.02. The molecule has 14 heavy (non-hydrogen) atoms. The van der Waals surface area contributed by atoms with E-state index in [1.807, 2.05) is 12.1 Å². The highest BCUT2D eigenvalue weighted by Gasteiger charge is 2.27. The number of hydrogen-bond acceptors (Lipinski definition) is 2. The molecule has 0 saturated heterocycles. The summed E-state index contributed by atoms with van der Waals surface area (Å²) in [7, 11) is 1.72. The van der Waals surface area contributed by atoms with Crippen molar-refractivity contribution in [2.45, 2.75) is 25.3 Å². The van der Waals surface area contributed by atoms with Crippen LogP contribution in [0.4, 0.5) is 0 Å². The second kappa shape index (κ2) is 4.01. The Bertz CT molecular complexity index is 311. The Kier molecular flexibility index (Phi) is 2.73. The van der Waals surface area contributed by atoms with Crippen LogP contribution in [0.5, 0.6) is 5.75 Å². The Morgan fingerprint density at radius 1 is 1.36 bits per heavy atom. The lowest BCUT2D eigenvalue weighted by Gasteiger charge is -2.33. The van der Waals surface area contributed by atoms with E-state index in [0.717, 1.165) is 12.2 Å². The molecule has 2 heteroatoms. The smallest absolute Gasteiger partial charge is 0.122 e. The molecule has 0 aliphatic heterocycles. The molecule has 2 unspecified atom stereocenters. The molecule has 1 aromatic rings. The zero-order valence-corrected chi connectivity index (χ0v) is 8.57. The van der Waals surface area contributed by atoms with E-state index in [0.29, 0.717) is 12.0 Å². The van der Waals surface area contributed by atoms with Gasteiger partial charge in [-0.15, -0.1) is 0 Å². The number of benzene rings is 1. The molecule has 2 N–H and O–H groups in total. The fraction of sp³-hybridized carbons (Fsp3) is 0.500. The minimum absolute atomic E-state index is 0.403. The Morgan fingerprint density at radius 2 is 2.14 bits per heavy atom. The molecule has 1 saturated carbocycles. The van der Waals surface area contributed by atoms with E-state index in [-0.39, 0.29) is 0 Å². The molecule has 2 rings (SSSR count). The molecule has 1 fully saturated rings. The highest BCUT2D eigenvalue weighted by atomic mass is 16.5. The van der Waals surface area contributed by atoms with Crippen LogP contribution in [0.25, 0.3) is 0 Å². The molecule has 0 amide bonds. The second-order valence-electron chi connectivity index (χ2n) is 4.02. The van der Waals surface area contributed by atoms with E-state index in [1.165, 1.54) is 18.4 Å². The normalized spacial score (nSPS) is 25.6. The van der Waals surface area contributed by atoms with Crippen LogP contribution in [0, 0.1) is 5.92 Å². The van der Waals surface area contributed by atoms with Gasteiger partial charge in [-0.05, 0) is 36.8 Å². The van der Waals surface area contributed by atoms with Gasteiger partial charge in [0.1, 0.15) is 5.75 Å². The third-order valence-electron chi connectivity index (χ3n) is 3.15. The maximum Gasteiger partial charge on any atom is 0.122 e. The first-order valence-corrected chi connectivity index (χ1v) is 5.18. The number of rotatable bonds is 3. The van der Waals surface area contributed by atoms with Gasteiger partial charge in [0.2, 0.25) is 0 Å². The van der Waals surface area contributed by atoms with Crippen molar-refractivity contribution in [3.63, 3.8) is 0 Å². The minimum Gasteiger partial charge on any atom is -0.496 e. The average molecular weight is 191 g/mol. The predicted molar refractivity (Wildman–Crippen MR) is 57.4 cm³/mol. The van der Waals surface area contributed by atoms with E-state index in [1.54, 1.807) is 7.11 Å². The van der Waals surface area contributed by atoms with Gasteiger partial charge < -0.3 is 10.5 Å². The molecule has 76 valence electrons. The van der Waals surface area contributed by atoms with Crippen LogP contribution in [0.3, 0.4) is 0 Å². The lowest BCUT2D eigenvalue weighted by atomic mass is 9.76. The zero-order chi connectivity index (χ0) is 9.97. The maximum atomic E-state index is 5.92. The number of ether oxygens (including phenoxy) is 1. The van der Waals surface area contributed by atoms with Crippen LogP contribution in [0.15, 0.2) is 24.3 Å². The number of para-hydroxylation sites is 1. The summed E-state index contributed by atoms with van der Waals surface area (Å²) in [4.78, 5) is 0. The summed E-state index contributed by atoms with van der Waals surface area (Å²) in [5, 5.41) is 0. The summed E-state index contributed by atoms with van der Waals surface area (Å²) in [6.45, 7) is 0. The zero-order valence-electron chi connectivity index (χ0n) is 8.57. The first kappa shape index (κ1) is 9.53. The fourth-order valence-electron chi connectivity index (χ4n) is 2.00. The standard InChI is InChI=1S/C12H17NO/c1-14-12-5-3-2-4-10(12)8-9-6-7-11(9)13/h2-5,9,11H,6-8,13H2,1H3.